The molecule has 0 aliphatic carbocycles. The molecule has 2 aromatic carbocycles. The smallest absolute Gasteiger partial charge is 0.286 e. The lowest BCUT2D eigenvalue weighted by Crippen LogP contribution is -2.13. The molecule has 7 heteroatoms. The average molecular weight is 355 g/mol. The van der Waals surface area contributed by atoms with Crippen molar-refractivity contribution in [2.24, 2.45) is 0 Å². The topological polar surface area (TPSA) is 77.2 Å². The number of nitrogens with zero attached hydrogens (tertiary/aromatic N) is 2. The van der Waals surface area contributed by atoms with Gasteiger partial charge >= 0.3 is 0 Å². The van der Waals surface area contributed by atoms with Crippen LogP contribution >= 0.6 is 11.8 Å². The predicted molar refractivity (Wildman–Crippen MR) is 96.8 cm³/mol. The minimum atomic E-state index is -0.159. The molecule has 0 aliphatic rings. The number of anilines is 1. The van der Waals surface area contributed by atoms with E-state index in [2.05, 4.69) is 15.5 Å². The largest absolute Gasteiger partial charge is 0.497 e. The van der Waals surface area contributed by atoms with E-state index in [0.717, 1.165) is 11.1 Å². The van der Waals surface area contributed by atoms with Crippen LogP contribution in [0.5, 0.6) is 5.75 Å². The molecular weight excluding hydrogens is 338 g/mol. The fourth-order valence-electron chi connectivity index (χ4n) is 2.11. The maximum atomic E-state index is 12.0. The molecule has 0 atom stereocenters. The molecule has 1 aromatic heterocycles. The Morgan fingerprint density at radius 2 is 2.04 bits per heavy atom. The second-order valence-electron chi connectivity index (χ2n) is 5.32. The van der Waals surface area contributed by atoms with Crippen LogP contribution in [0.3, 0.4) is 0 Å². The van der Waals surface area contributed by atoms with Crippen molar-refractivity contribution in [1.29, 1.82) is 0 Å². The van der Waals surface area contributed by atoms with E-state index in [1.54, 1.807) is 19.2 Å². The summed E-state index contributed by atoms with van der Waals surface area (Å²) in [5, 5.41) is 7.11. The SMILES string of the molecule is COc1cccc(NC(=O)CSc2nc(-c3ccc(C)cc3)no2)c1. The van der Waals surface area contributed by atoms with Gasteiger partial charge in [-0.1, -0.05) is 52.8 Å². The molecule has 0 saturated heterocycles. The number of hydrogen-bond acceptors (Lipinski definition) is 6. The highest BCUT2D eigenvalue weighted by Gasteiger charge is 2.11. The number of carbonyl (C=O) groups is 1. The van der Waals surface area contributed by atoms with Crippen LogP contribution in [0.4, 0.5) is 5.69 Å². The van der Waals surface area contributed by atoms with Gasteiger partial charge < -0.3 is 14.6 Å². The van der Waals surface area contributed by atoms with Gasteiger partial charge in [-0.15, -0.1) is 0 Å². The lowest BCUT2D eigenvalue weighted by molar-refractivity contribution is -0.113. The lowest BCUT2D eigenvalue weighted by atomic mass is 10.1. The van der Waals surface area contributed by atoms with Gasteiger partial charge in [0.2, 0.25) is 11.7 Å². The van der Waals surface area contributed by atoms with Gasteiger partial charge in [0, 0.05) is 17.3 Å². The third-order valence-electron chi connectivity index (χ3n) is 3.40. The van der Waals surface area contributed by atoms with E-state index in [1.807, 2.05) is 43.3 Å². The summed E-state index contributed by atoms with van der Waals surface area (Å²) < 4.78 is 10.3. The van der Waals surface area contributed by atoms with Crippen LogP contribution in [0.15, 0.2) is 58.3 Å². The van der Waals surface area contributed by atoms with Gasteiger partial charge in [-0.25, -0.2) is 0 Å². The Morgan fingerprint density at radius 3 is 2.80 bits per heavy atom. The predicted octanol–water partition coefficient (Wildman–Crippen LogP) is 3.78. The third-order valence-corrected chi connectivity index (χ3v) is 4.22. The van der Waals surface area contributed by atoms with Crippen molar-refractivity contribution in [3.63, 3.8) is 0 Å². The van der Waals surface area contributed by atoms with E-state index in [-0.39, 0.29) is 11.7 Å². The zero-order valence-electron chi connectivity index (χ0n) is 13.9. The maximum absolute atomic E-state index is 12.0. The van der Waals surface area contributed by atoms with Gasteiger partial charge in [0.1, 0.15) is 5.75 Å². The first-order valence-electron chi connectivity index (χ1n) is 7.61. The number of ether oxygens (including phenoxy) is 1. The molecule has 3 aromatic rings. The molecule has 0 aliphatic heterocycles. The van der Waals surface area contributed by atoms with Gasteiger partial charge in [0.15, 0.2) is 0 Å². The Hall–Kier alpha value is -2.80. The number of carbonyl (C=O) groups excluding carboxylic acids is 1. The molecule has 0 fully saturated rings. The highest BCUT2D eigenvalue weighted by molar-refractivity contribution is 7.99. The molecule has 1 amide bonds. The number of methoxy groups -OCH3 is 1. The van der Waals surface area contributed by atoms with Crippen molar-refractivity contribution in [2.45, 2.75) is 12.1 Å². The summed E-state index contributed by atoms with van der Waals surface area (Å²) in [6.07, 6.45) is 0. The lowest BCUT2D eigenvalue weighted by Gasteiger charge is -2.05. The average Bonchev–Trinajstić information content (AvgIpc) is 3.10. The first kappa shape index (κ1) is 17.0. The van der Waals surface area contributed by atoms with Gasteiger partial charge in [-0.3, -0.25) is 4.79 Å². The fourth-order valence-corrected chi connectivity index (χ4v) is 2.68. The summed E-state index contributed by atoms with van der Waals surface area (Å²) in [4.78, 5) is 16.3. The molecule has 0 spiro atoms. The minimum Gasteiger partial charge on any atom is -0.497 e. The first-order valence-corrected chi connectivity index (χ1v) is 8.60. The second-order valence-corrected chi connectivity index (χ2v) is 6.25. The third kappa shape index (κ3) is 4.60. The molecular formula is C18H17N3O3S. The molecule has 0 saturated carbocycles. The number of hydrogen-bond donors (Lipinski definition) is 1. The number of benzene rings is 2. The van der Waals surface area contributed by atoms with Crippen molar-refractivity contribution >= 4 is 23.4 Å². The standard InChI is InChI=1S/C18H17N3O3S/c1-12-6-8-13(9-7-12)17-20-18(24-21-17)25-11-16(22)19-14-4-3-5-15(10-14)23-2/h3-10H,11H2,1-2H3,(H,19,22). The van der Waals surface area contributed by atoms with Crippen molar-refractivity contribution in [3.05, 3.63) is 54.1 Å². The monoisotopic (exact) mass is 355 g/mol. The molecule has 0 radical (unpaired) electrons. The highest BCUT2D eigenvalue weighted by atomic mass is 32.2. The van der Waals surface area contributed by atoms with E-state index in [9.17, 15) is 4.79 Å². The van der Waals surface area contributed by atoms with Gasteiger partial charge in [-0.2, -0.15) is 4.98 Å². The molecule has 6 nitrogen and oxygen atoms in total. The Balaban J connectivity index is 1.56. The normalized spacial score (nSPS) is 10.5. The van der Waals surface area contributed by atoms with Crippen molar-refractivity contribution in [1.82, 2.24) is 10.1 Å². The Morgan fingerprint density at radius 1 is 1.24 bits per heavy atom. The number of amides is 1. The van der Waals surface area contributed by atoms with E-state index in [4.69, 9.17) is 9.26 Å². The Bertz CT molecular complexity index is 862. The van der Waals surface area contributed by atoms with Gasteiger partial charge in [0.05, 0.1) is 12.9 Å². The summed E-state index contributed by atoms with van der Waals surface area (Å²) in [7, 11) is 1.58. The fraction of sp³-hybridized carbons (Fsp3) is 0.167. The first-order chi connectivity index (χ1) is 12.1. The summed E-state index contributed by atoms with van der Waals surface area (Å²) in [5.41, 5.74) is 2.72. The van der Waals surface area contributed by atoms with Crippen LogP contribution in [0.1, 0.15) is 5.56 Å². The maximum Gasteiger partial charge on any atom is 0.286 e. The van der Waals surface area contributed by atoms with Crippen LogP contribution in [-0.2, 0) is 4.79 Å². The van der Waals surface area contributed by atoms with Crippen LogP contribution in [-0.4, -0.2) is 28.9 Å². The van der Waals surface area contributed by atoms with Crippen molar-refractivity contribution < 1.29 is 14.1 Å². The van der Waals surface area contributed by atoms with E-state index < -0.39 is 0 Å². The number of thioether (sulfide) groups is 1. The second kappa shape index (κ2) is 7.85. The van der Waals surface area contributed by atoms with Gasteiger partial charge in [-0.05, 0) is 19.1 Å². The van der Waals surface area contributed by atoms with Crippen LogP contribution in [0.25, 0.3) is 11.4 Å². The van der Waals surface area contributed by atoms with Gasteiger partial charge in [0.25, 0.3) is 5.22 Å². The summed E-state index contributed by atoms with van der Waals surface area (Å²) >= 11 is 1.19. The molecule has 3 rings (SSSR count). The molecule has 25 heavy (non-hydrogen) atoms. The minimum absolute atomic E-state index is 0.159. The molecule has 1 N–H and O–H groups in total. The highest BCUT2D eigenvalue weighted by Crippen LogP contribution is 2.22. The van der Waals surface area contributed by atoms with Crippen molar-refractivity contribution in [2.75, 3.05) is 18.2 Å². The summed E-state index contributed by atoms with van der Waals surface area (Å²) in [6.45, 7) is 2.02. The molecule has 128 valence electrons. The molecule has 1 heterocycles. The van der Waals surface area contributed by atoms with E-state index in [0.29, 0.717) is 22.5 Å². The van der Waals surface area contributed by atoms with Crippen molar-refractivity contribution in [3.8, 4) is 17.1 Å². The van der Waals surface area contributed by atoms with Crippen LogP contribution in [0, 0.1) is 6.92 Å². The van der Waals surface area contributed by atoms with Crippen LogP contribution in [0.2, 0.25) is 0 Å². The summed E-state index contributed by atoms with van der Waals surface area (Å²) in [5.74, 6) is 1.21. The van der Waals surface area contributed by atoms with E-state index >= 15 is 0 Å². The van der Waals surface area contributed by atoms with E-state index in [1.165, 1.54) is 11.8 Å². The zero-order valence-corrected chi connectivity index (χ0v) is 14.7. The number of nitrogens with one attached hydrogen (secondary N) is 1. The Labute approximate surface area is 149 Å². The molecule has 0 bridgehead atoms. The Kier molecular flexibility index (Phi) is 5.35. The van der Waals surface area contributed by atoms with Crippen LogP contribution < -0.4 is 10.1 Å². The quantitative estimate of drug-likeness (QED) is 0.678. The molecule has 0 unspecified atom stereocenters. The number of aromatic nitrogens is 2. The number of rotatable bonds is 6. The summed E-state index contributed by atoms with van der Waals surface area (Å²) in [6, 6.07) is 15.0. The zero-order chi connectivity index (χ0) is 17.6. The number of aryl methyl sites for hydroxylation is 1.